The molecule has 0 spiro atoms. The van der Waals surface area contributed by atoms with Crippen molar-refractivity contribution in [2.24, 2.45) is 11.7 Å². The number of aromatic amines is 1. The highest BCUT2D eigenvalue weighted by molar-refractivity contribution is 5.94. The van der Waals surface area contributed by atoms with Crippen LogP contribution < -0.4 is 11.4 Å². The molecule has 0 bridgehead atoms. The number of amides is 2. The van der Waals surface area contributed by atoms with Crippen LogP contribution in [0.4, 0.5) is 4.79 Å². The summed E-state index contributed by atoms with van der Waals surface area (Å²) in [6.07, 6.45) is 9.48. The summed E-state index contributed by atoms with van der Waals surface area (Å²) in [5.41, 5.74) is 5.59. The fraction of sp³-hybridized carbons (Fsp3) is 0.591. The number of primary amides is 1. The Labute approximate surface area is 170 Å². The number of nitrogens with zero attached hydrogens (tertiary/aromatic N) is 2. The fourth-order valence-corrected chi connectivity index (χ4v) is 5.22. The van der Waals surface area contributed by atoms with Crippen LogP contribution in [0.25, 0.3) is 11.0 Å². The van der Waals surface area contributed by atoms with Gasteiger partial charge in [0.05, 0.1) is 11.0 Å². The van der Waals surface area contributed by atoms with Gasteiger partial charge in [-0.15, -0.1) is 0 Å². The number of nitrogens with two attached hydrogens (primary N) is 1. The SMILES string of the molecule is NC(=O)C1(N(CC2CCCCC2)C(=O)n2c(=O)[nH]c3ccccc32)CCCCC1. The van der Waals surface area contributed by atoms with Crippen LogP contribution in [0.1, 0.15) is 64.2 Å². The van der Waals surface area contributed by atoms with E-state index in [-0.39, 0.29) is 0 Å². The Hall–Kier alpha value is -2.57. The number of hydrogen-bond donors (Lipinski definition) is 2. The Kier molecular flexibility index (Phi) is 5.48. The average Bonchev–Trinajstić information content (AvgIpc) is 3.08. The highest BCUT2D eigenvalue weighted by Crippen LogP contribution is 2.36. The van der Waals surface area contributed by atoms with Crippen molar-refractivity contribution in [3.8, 4) is 0 Å². The molecule has 156 valence electrons. The van der Waals surface area contributed by atoms with Gasteiger partial charge in [0.2, 0.25) is 5.91 Å². The Morgan fingerprint density at radius 2 is 1.72 bits per heavy atom. The number of H-pyrrole nitrogens is 1. The molecule has 0 unspecified atom stereocenters. The number of benzene rings is 1. The van der Waals surface area contributed by atoms with Gasteiger partial charge in [0.1, 0.15) is 5.54 Å². The lowest BCUT2D eigenvalue weighted by Crippen LogP contribution is -2.63. The Balaban J connectivity index is 1.78. The van der Waals surface area contributed by atoms with Crippen molar-refractivity contribution in [1.29, 1.82) is 0 Å². The summed E-state index contributed by atoms with van der Waals surface area (Å²) >= 11 is 0. The van der Waals surface area contributed by atoms with Crippen LogP contribution in [0.3, 0.4) is 0 Å². The molecule has 1 heterocycles. The number of imidazole rings is 1. The third-order valence-corrected chi connectivity index (χ3v) is 6.83. The molecule has 0 saturated heterocycles. The molecule has 1 aromatic carbocycles. The zero-order valence-electron chi connectivity index (χ0n) is 16.9. The van der Waals surface area contributed by atoms with E-state index in [0.29, 0.717) is 36.3 Å². The van der Waals surface area contributed by atoms with Crippen molar-refractivity contribution >= 4 is 23.0 Å². The predicted octanol–water partition coefficient (Wildman–Crippen LogP) is 3.37. The number of carbonyl (C=O) groups is 2. The average molecular weight is 399 g/mol. The first-order valence-corrected chi connectivity index (χ1v) is 10.8. The van der Waals surface area contributed by atoms with Crippen molar-refractivity contribution in [3.05, 3.63) is 34.7 Å². The molecule has 0 atom stereocenters. The Morgan fingerprint density at radius 1 is 1.07 bits per heavy atom. The highest BCUT2D eigenvalue weighted by atomic mass is 16.2. The van der Waals surface area contributed by atoms with Crippen molar-refractivity contribution in [2.75, 3.05) is 6.54 Å². The zero-order valence-corrected chi connectivity index (χ0v) is 16.9. The molecular weight excluding hydrogens is 368 g/mol. The molecule has 0 aliphatic heterocycles. The van der Waals surface area contributed by atoms with Crippen LogP contribution in [0.5, 0.6) is 0 Å². The minimum atomic E-state index is -1.01. The summed E-state index contributed by atoms with van der Waals surface area (Å²) in [6.45, 7) is 0.480. The molecule has 29 heavy (non-hydrogen) atoms. The molecule has 1 aromatic heterocycles. The van der Waals surface area contributed by atoms with Crippen LogP contribution in [0.15, 0.2) is 29.1 Å². The van der Waals surface area contributed by atoms with Crippen LogP contribution in [0.2, 0.25) is 0 Å². The lowest BCUT2D eigenvalue weighted by molar-refractivity contribution is -0.131. The second-order valence-electron chi connectivity index (χ2n) is 8.64. The largest absolute Gasteiger partial charge is 0.368 e. The minimum Gasteiger partial charge on any atom is -0.368 e. The third-order valence-electron chi connectivity index (χ3n) is 6.83. The second kappa shape index (κ2) is 8.05. The van der Waals surface area contributed by atoms with E-state index in [9.17, 15) is 14.4 Å². The highest BCUT2D eigenvalue weighted by Gasteiger charge is 2.47. The first-order chi connectivity index (χ1) is 14.0. The number of aromatic nitrogens is 2. The summed E-state index contributed by atoms with van der Waals surface area (Å²) in [4.78, 5) is 43.6. The van der Waals surface area contributed by atoms with Gasteiger partial charge in [-0.2, -0.15) is 0 Å². The molecular formula is C22H30N4O3. The second-order valence-corrected chi connectivity index (χ2v) is 8.64. The molecule has 2 aromatic rings. The topological polar surface area (TPSA) is 101 Å². The number of rotatable bonds is 4. The third kappa shape index (κ3) is 3.58. The first kappa shape index (κ1) is 19.7. The molecule has 7 nitrogen and oxygen atoms in total. The molecule has 0 radical (unpaired) electrons. The molecule has 7 heteroatoms. The van der Waals surface area contributed by atoms with Crippen molar-refractivity contribution in [2.45, 2.75) is 69.7 Å². The normalized spacial score (nSPS) is 19.9. The maximum Gasteiger partial charge on any atom is 0.334 e. The number of nitrogens with one attached hydrogen (secondary N) is 1. The summed E-state index contributed by atoms with van der Waals surface area (Å²) in [6, 6.07) is 6.71. The van der Waals surface area contributed by atoms with E-state index in [0.717, 1.165) is 44.9 Å². The van der Waals surface area contributed by atoms with Gasteiger partial charge in [0, 0.05) is 6.54 Å². The van der Waals surface area contributed by atoms with Crippen LogP contribution >= 0.6 is 0 Å². The fourth-order valence-electron chi connectivity index (χ4n) is 5.22. The first-order valence-electron chi connectivity index (χ1n) is 10.8. The van der Waals surface area contributed by atoms with Gasteiger partial charge in [0.15, 0.2) is 0 Å². The van der Waals surface area contributed by atoms with E-state index in [1.165, 1.54) is 11.0 Å². The van der Waals surface area contributed by atoms with Gasteiger partial charge in [-0.3, -0.25) is 4.79 Å². The minimum absolute atomic E-state index is 0.340. The van der Waals surface area contributed by atoms with Crippen LogP contribution in [-0.4, -0.2) is 38.5 Å². The Bertz CT molecular complexity index is 948. The van der Waals surface area contributed by atoms with E-state index in [2.05, 4.69) is 4.98 Å². The number of fused-ring (bicyclic) bond motifs is 1. The van der Waals surface area contributed by atoms with Crippen molar-refractivity contribution < 1.29 is 9.59 Å². The summed E-state index contributed by atoms with van der Waals surface area (Å²) < 4.78 is 1.18. The van der Waals surface area contributed by atoms with E-state index in [1.54, 1.807) is 23.1 Å². The van der Waals surface area contributed by atoms with E-state index < -0.39 is 23.2 Å². The number of hydrogen-bond acceptors (Lipinski definition) is 3. The van der Waals surface area contributed by atoms with Crippen molar-refractivity contribution in [3.63, 3.8) is 0 Å². The van der Waals surface area contributed by atoms with Crippen LogP contribution in [-0.2, 0) is 4.79 Å². The van der Waals surface area contributed by atoms with E-state index in [4.69, 9.17) is 5.73 Å². The van der Waals surface area contributed by atoms with Gasteiger partial charge in [0.25, 0.3) is 0 Å². The van der Waals surface area contributed by atoms with Gasteiger partial charge >= 0.3 is 11.7 Å². The molecule has 2 saturated carbocycles. The molecule has 4 rings (SSSR count). The van der Waals surface area contributed by atoms with Gasteiger partial charge in [-0.1, -0.05) is 50.7 Å². The number of para-hydroxylation sites is 2. The summed E-state index contributed by atoms with van der Waals surface area (Å²) in [5, 5.41) is 0. The van der Waals surface area contributed by atoms with Gasteiger partial charge < -0.3 is 15.6 Å². The molecule has 2 amide bonds. The zero-order chi connectivity index (χ0) is 20.4. The quantitative estimate of drug-likeness (QED) is 0.825. The molecule has 2 aliphatic rings. The Morgan fingerprint density at radius 3 is 2.41 bits per heavy atom. The lowest BCUT2D eigenvalue weighted by Gasteiger charge is -2.45. The van der Waals surface area contributed by atoms with E-state index in [1.807, 2.05) is 6.07 Å². The van der Waals surface area contributed by atoms with E-state index >= 15 is 0 Å². The molecule has 2 aliphatic carbocycles. The maximum absolute atomic E-state index is 13.8. The van der Waals surface area contributed by atoms with Crippen molar-refractivity contribution in [1.82, 2.24) is 14.5 Å². The predicted molar refractivity (Wildman–Crippen MR) is 112 cm³/mol. The summed E-state index contributed by atoms with van der Waals surface area (Å²) in [7, 11) is 0. The smallest absolute Gasteiger partial charge is 0.334 e. The monoisotopic (exact) mass is 398 g/mol. The number of carbonyl (C=O) groups excluding carboxylic acids is 2. The van der Waals surface area contributed by atoms with Crippen LogP contribution in [0, 0.1) is 5.92 Å². The maximum atomic E-state index is 13.8. The van der Waals surface area contributed by atoms with Gasteiger partial charge in [-0.25, -0.2) is 14.2 Å². The molecule has 2 fully saturated rings. The summed E-state index contributed by atoms with van der Waals surface area (Å²) in [5.74, 6) is -0.110. The standard InChI is InChI=1S/C22H30N4O3/c23-19(27)22(13-7-2-8-14-22)25(15-16-9-3-1-4-10-16)21(29)26-18-12-6-5-11-17(18)24-20(26)28/h5-6,11-12,16H,1-4,7-10,13-15H2,(H2,23,27)(H,24,28). The molecule has 3 N–H and O–H groups in total. The lowest BCUT2D eigenvalue weighted by atomic mass is 9.78. The van der Waals surface area contributed by atoms with Gasteiger partial charge in [-0.05, 0) is 43.7 Å².